The quantitative estimate of drug-likeness (QED) is 0.766. The lowest BCUT2D eigenvalue weighted by molar-refractivity contribution is -0.129. The molecule has 2 unspecified atom stereocenters. The molecule has 0 saturated carbocycles. The van der Waals surface area contributed by atoms with Crippen molar-refractivity contribution >= 4 is 11.9 Å². The maximum Gasteiger partial charge on any atom is 0.325 e. The van der Waals surface area contributed by atoms with Crippen LogP contribution in [0.1, 0.15) is 24.1 Å². The Morgan fingerprint density at radius 3 is 2.76 bits per heavy atom. The molecule has 0 radical (unpaired) electrons. The van der Waals surface area contributed by atoms with Gasteiger partial charge < -0.3 is 15.2 Å². The Balaban J connectivity index is 2.08. The average Bonchev–Trinajstić information content (AvgIpc) is 2.73. The van der Waals surface area contributed by atoms with Crippen molar-refractivity contribution in [3.8, 4) is 0 Å². The van der Waals surface area contributed by atoms with E-state index in [1.165, 1.54) is 0 Å². The van der Waals surface area contributed by atoms with E-state index < -0.39 is 18.2 Å². The van der Waals surface area contributed by atoms with Crippen LogP contribution in [0.5, 0.6) is 0 Å². The minimum Gasteiger partial charge on any atom is -0.389 e. The van der Waals surface area contributed by atoms with Crippen molar-refractivity contribution in [2.75, 3.05) is 19.8 Å². The summed E-state index contributed by atoms with van der Waals surface area (Å²) in [5.41, 5.74) is 1.71. The van der Waals surface area contributed by atoms with Gasteiger partial charge in [-0.05, 0) is 25.0 Å². The zero-order valence-electron chi connectivity index (χ0n) is 12.2. The van der Waals surface area contributed by atoms with Crippen LogP contribution in [-0.4, -0.2) is 47.8 Å². The van der Waals surface area contributed by atoms with Crippen molar-refractivity contribution in [2.45, 2.75) is 26.0 Å². The van der Waals surface area contributed by atoms with E-state index in [2.05, 4.69) is 5.32 Å². The summed E-state index contributed by atoms with van der Waals surface area (Å²) in [6.45, 7) is 4.22. The predicted octanol–water partition coefficient (Wildman–Crippen LogP) is 0.985. The molecular formula is C15H20N2O4. The van der Waals surface area contributed by atoms with E-state index in [1.807, 2.05) is 38.1 Å². The molecule has 1 aliphatic rings. The Morgan fingerprint density at radius 1 is 1.38 bits per heavy atom. The van der Waals surface area contributed by atoms with Crippen molar-refractivity contribution in [3.63, 3.8) is 0 Å². The number of carbonyl (C=O) groups excluding carboxylic acids is 2. The second kappa shape index (κ2) is 6.69. The minimum atomic E-state index is -0.879. The number of aliphatic hydroxyl groups is 1. The Kier molecular flexibility index (Phi) is 4.93. The molecule has 0 aliphatic carbocycles. The molecule has 1 aliphatic heterocycles. The van der Waals surface area contributed by atoms with Gasteiger partial charge >= 0.3 is 6.03 Å². The number of β-amino-alcohol motifs (C(OH)–C–C–N with tert-alkyl or cyclic N) is 1. The number of hydrogen-bond acceptors (Lipinski definition) is 4. The van der Waals surface area contributed by atoms with E-state index in [0.717, 1.165) is 16.0 Å². The smallest absolute Gasteiger partial charge is 0.325 e. The number of aryl methyl sites for hydroxylation is 1. The molecule has 114 valence electrons. The minimum absolute atomic E-state index is 0.0625. The highest BCUT2D eigenvalue weighted by molar-refractivity contribution is 6.04. The number of rotatable bonds is 6. The normalized spacial score (nSPS) is 19.8. The molecular weight excluding hydrogens is 272 g/mol. The van der Waals surface area contributed by atoms with Gasteiger partial charge in [-0.1, -0.05) is 24.3 Å². The highest BCUT2D eigenvalue weighted by Gasteiger charge is 2.40. The summed E-state index contributed by atoms with van der Waals surface area (Å²) in [7, 11) is 0. The molecule has 6 nitrogen and oxygen atoms in total. The largest absolute Gasteiger partial charge is 0.389 e. The van der Waals surface area contributed by atoms with Crippen LogP contribution in [0.3, 0.4) is 0 Å². The molecule has 21 heavy (non-hydrogen) atoms. The lowest BCUT2D eigenvalue weighted by atomic mass is 10.0. The van der Waals surface area contributed by atoms with Crippen LogP contribution in [0.25, 0.3) is 0 Å². The Bertz CT molecular complexity index is 532. The van der Waals surface area contributed by atoms with Gasteiger partial charge in [-0.15, -0.1) is 0 Å². The van der Waals surface area contributed by atoms with E-state index in [-0.39, 0.29) is 19.1 Å². The summed E-state index contributed by atoms with van der Waals surface area (Å²) in [5.74, 6) is -0.343. The molecule has 1 fully saturated rings. The first-order valence-electron chi connectivity index (χ1n) is 6.97. The number of nitrogens with zero attached hydrogens (tertiary/aromatic N) is 1. The van der Waals surface area contributed by atoms with Crippen molar-refractivity contribution in [1.82, 2.24) is 10.2 Å². The van der Waals surface area contributed by atoms with Gasteiger partial charge in [-0.2, -0.15) is 0 Å². The summed E-state index contributed by atoms with van der Waals surface area (Å²) >= 11 is 0. The highest BCUT2D eigenvalue weighted by Crippen LogP contribution is 2.24. The second-order valence-corrected chi connectivity index (χ2v) is 5.00. The van der Waals surface area contributed by atoms with Crippen LogP contribution in [0, 0.1) is 6.92 Å². The topological polar surface area (TPSA) is 78.9 Å². The van der Waals surface area contributed by atoms with Crippen molar-refractivity contribution < 1.29 is 19.4 Å². The van der Waals surface area contributed by atoms with Crippen molar-refractivity contribution in [3.05, 3.63) is 35.4 Å². The SMILES string of the molecule is CCOCC(O)CN1C(=O)NC(c2ccccc2C)C1=O. The molecule has 0 aromatic heterocycles. The maximum absolute atomic E-state index is 12.4. The van der Waals surface area contributed by atoms with Gasteiger partial charge in [0.2, 0.25) is 0 Å². The summed E-state index contributed by atoms with van der Waals surface area (Å²) < 4.78 is 5.09. The first kappa shape index (κ1) is 15.5. The number of hydrogen-bond donors (Lipinski definition) is 2. The van der Waals surface area contributed by atoms with Gasteiger partial charge in [-0.25, -0.2) is 4.79 Å². The zero-order chi connectivity index (χ0) is 15.4. The van der Waals surface area contributed by atoms with Gasteiger partial charge in [0, 0.05) is 6.61 Å². The third kappa shape index (κ3) is 3.40. The van der Waals surface area contributed by atoms with E-state index in [4.69, 9.17) is 4.74 Å². The number of aliphatic hydroxyl groups excluding tert-OH is 1. The second-order valence-electron chi connectivity index (χ2n) is 5.00. The van der Waals surface area contributed by atoms with E-state index >= 15 is 0 Å². The molecule has 1 saturated heterocycles. The summed E-state index contributed by atoms with van der Waals surface area (Å²) in [6.07, 6.45) is -0.879. The fraction of sp³-hybridized carbons (Fsp3) is 0.467. The predicted molar refractivity (Wildman–Crippen MR) is 76.7 cm³/mol. The maximum atomic E-state index is 12.4. The Morgan fingerprint density at radius 2 is 2.10 bits per heavy atom. The Hall–Kier alpha value is -1.92. The van der Waals surface area contributed by atoms with Crippen LogP contribution < -0.4 is 5.32 Å². The number of benzene rings is 1. The van der Waals surface area contributed by atoms with E-state index in [0.29, 0.717) is 6.61 Å². The molecule has 1 aromatic rings. The fourth-order valence-corrected chi connectivity index (χ4v) is 2.33. The number of ether oxygens (including phenoxy) is 1. The monoisotopic (exact) mass is 292 g/mol. The van der Waals surface area contributed by atoms with Gasteiger partial charge in [0.1, 0.15) is 6.04 Å². The standard InChI is InChI=1S/C15H20N2O4/c1-3-21-9-11(18)8-17-14(19)13(16-15(17)20)12-7-5-4-6-10(12)2/h4-7,11,13,18H,3,8-9H2,1-2H3,(H,16,20). The fourth-order valence-electron chi connectivity index (χ4n) is 2.33. The van der Waals surface area contributed by atoms with Crippen LogP contribution in [0.15, 0.2) is 24.3 Å². The molecule has 0 spiro atoms. The third-order valence-corrected chi connectivity index (χ3v) is 3.43. The number of amides is 3. The summed E-state index contributed by atoms with van der Waals surface area (Å²) in [5, 5.41) is 12.4. The molecule has 6 heteroatoms. The number of nitrogens with one attached hydrogen (secondary N) is 1. The molecule has 0 bridgehead atoms. The number of imide groups is 1. The Labute approximate surface area is 123 Å². The lowest BCUT2D eigenvalue weighted by Crippen LogP contribution is -2.39. The lowest BCUT2D eigenvalue weighted by Gasteiger charge is -2.17. The number of carbonyl (C=O) groups is 2. The van der Waals surface area contributed by atoms with Crippen molar-refractivity contribution in [1.29, 1.82) is 0 Å². The first-order valence-corrected chi connectivity index (χ1v) is 6.97. The summed E-state index contributed by atoms with van der Waals surface area (Å²) in [6, 6.07) is 6.25. The third-order valence-electron chi connectivity index (χ3n) is 3.43. The molecule has 2 rings (SSSR count). The zero-order valence-corrected chi connectivity index (χ0v) is 12.2. The molecule has 2 N–H and O–H groups in total. The molecule has 1 aromatic carbocycles. The van der Waals surface area contributed by atoms with Crippen LogP contribution in [0.2, 0.25) is 0 Å². The highest BCUT2D eigenvalue weighted by atomic mass is 16.5. The average molecular weight is 292 g/mol. The van der Waals surface area contributed by atoms with Crippen LogP contribution in [0.4, 0.5) is 4.79 Å². The van der Waals surface area contributed by atoms with Gasteiger partial charge in [0.05, 0.1) is 19.3 Å². The van der Waals surface area contributed by atoms with E-state index in [9.17, 15) is 14.7 Å². The van der Waals surface area contributed by atoms with Crippen molar-refractivity contribution in [2.24, 2.45) is 0 Å². The first-order chi connectivity index (χ1) is 10.0. The van der Waals surface area contributed by atoms with Crippen LogP contribution >= 0.6 is 0 Å². The van der Waals surface area contributed by atoms with Crippen LogP contribution in [-0.2, 0) is 9.53 Å². The van der Waals surface area contributed by atoms with Gasteiger partial charge in [-0.3, -0.25) is 9.69 Å². The molecule has 1 heterocycles. The molecule has 2 atom stereocenters. The van der Waals surface area contributed by atoms with E-state index in [1.54, 1.807) is 0 Å². The number of urea groups is 1. The molecule has 3 amide bonds. The summed E-state index contributed by atoms with van der Waals surface area (Å²) in [4.78, 5) is 25.3. The van der Waals surface area contributed by atoms with Gasteiger partial charge in [0.15, 0.2) is 0 Å². The van der Waals surface area contributed by atoms with Gasteiger partial charge in [0.25, 0.3) is 5.91 Å².